The molecule has 0 spiro atoms. The molecular formula is C14H28N2O2. The molecule has 18 heavy (non-hydrogen) atoms. The number of nitrogens with one attached hydrogen (secondary N) is 1. The van der Waals surface area contributed by atoms with E-state index >= 15 is 0 Å². The molecule has 0 aromatic carbocycles. The van der Waals surface area contributed by atoms with Crippen molar-refractivity contribution in [3.63, 3.8) is 0 Å². The van der Waals surface area contributed by atoms with Crippen LogP contribution in [0.15, 0.2) is 0 Å². The maximum absolute atomic E-state index is 11.9. The first-order valence-electron chi connectivity index (χ1n) is 6.96. The van der Waals surface area contributed by atoms with E-state index in [2.05, 4.69) is 19.2 Å². The van der Waals surface area contributed by atoms with Crippen LogP contribution >= 0.6 is 0 Å². The second-order valence-electron chi connectivity index (χ2n) is 6.63. The van der Waals surface area contributed by atoms with E-state index in [1.807, 2.05) is 25.7 Å². The van der Waals surface area contributed by atoms with E-state index in [1.54, 1.807) is 0 Å². The molecule has 1 saturated heterocycles. The molecule has 1 amide bonds. The first-order chi connectivity index (χ1) is 8.28. The summed E-state index contributed by atoms with van der Waals surface area (Å²) in [4.78, 5) is 13.7. The van der Waals surface area contributed by atoms with Crippen LogP contribution in [0, 0.1) is 11.8 Å². The minimum absolute atomic E-state index is 0.172. The standard InChI is InChI=1S/C14H28N2O2/c1-11(2)8-15-9-12-6-7-16(10-12)13(17)18-14(3,4)5/h11-12,15H,6-10H2,1-5H3/t12-/m1/s1. The van der Waals surface area contributed by atoms with E-state index in [4.69, 9.17) is 4.74 Å². The molecule has 0 bridgehead atoms. The number of rotatable bonds is 4. The third-order valence-electron chi connectivity index (χ3n) is 2.92. The number of ether oxygens (including phenoxy) is 1. The topological polar surface area (TPSA) is 41.6 Å². The first kappa shape index (κ1) is 15.3. The number of nitrogens with zero attached hydrogens (tertiary/aromatic N) is 1. The summed E-state index contributed by atoms with van der Waals surface area (Å²) < 4.78 is 5.38. The monoisotopic (exact) mass is 256 g/mol. The Bertz CT molecular complexity index is 271. The van der Waals surface area contributed by atoms with Crippen molar-refractivity contribution in [3.8, 4) is 0 Å². The van der Waals surface area contributed by atoms with Gasteiger partial charge in [-0.3, -0.25) is 0 Å². The molecule has 1 heterocycles. The molecule has 1 rings (SSSR count). The Kier molecular flexibility index (Phi) is 5.45. The molecule has 0 radical (unpaired) electrons. The van der Waals surface area contributed by atoms with Crippen molar-refractivity contribution in [1.29, 1.82) is 0 Å². The van der Waals surface area contributed by atoms with Crippen LogP contribution in [0.1, 0.15) is 41.0 Å². The fraction of sp³-hybridized carbons (Fsp3) is 0.929. The Labute approximate surface area is 111 Å². The van der Waals surface area contributed by atoms with E-state index in [9.17, 15) is 4.79 Å². The fourth-order valence-electron chi connectivity index (χ4n) is 2.07. The Balaban J connectivity index is 2.26. The minimum Gasteiger partial charge on any atom is -0.444 e. The van der Waals surface area contributed by atoms with Crippen molar-refractivity contribution < 1.29 is 9.53 Å². The van der Waals surface area contributed by atoms with Gasteiger partial charge in [-0.1, -0.05) is 13.8 Å². The van der Waals surface area contributed by atoms with Crippen molar-refractivity contribution in [3.05, 3.63) is 0 Å². The Morgan fingerprint density at radius 1 is 1.44 bits per heavy atom. The Morgan fingerprint density at radius 3 is 2.67 bits per heavy atom. The molecule has 1 fully saturated rings. The molecule has 0 aliphatic carbocycles. The van der Waals surface area contributed by atoms with Gasteiger partial charge in [-0.15, -0.1) is 0 Å². The second-order valence-corrected chi connectivity index (χ2v) is 6.63. The highest BCUT2D eigenvalue weighted by Crippen LogP contribution is 2.18. The highest BCUT2D eigenvalue weighted by molar-refractivity contribution is 5.68. The second kappa shape index (κ2) is 6.41. The molecule has 4 nitrogen and oxygen atoms in total. The van der Waals surface area contributed by atoms with Crippen molar-refractivity contribution >= 4 is 6.09 Å². The van der Waals surface area contributed by atoms with E-state index in [0.29, 0.717) is 11.8 Å². The van der Waals surface area contributed by atoms with Gasteiger partial charge in [0.25, 0.3) is 0 Å². The molecule has 0 unspecified atom stereocenters. The Hall–Kier alpha value is -0.770. The molecule has 1 aliphatic heterocycles. The lowest BCUT2D eigenvalue weighted by atomic mass is 10.1. The van der Waals surface area contributed by atoms with Crippen LogP contribution in [0.5, 0.6) is 0 Å². The van der Waals surface area contributed by atoms with Crippen LogP contribution in [0.3, 0.4) is 0 Å². The van der Waals surface area contributed by atoms with Crippen LogP contribution in [0.25, 0.3) is 0 Å². The molecule has 1 N–H and O–H groups in total. The SMILES string of the molecule is CC(C)CNC[C@H]1CCN(C(=O)OC(C)(C)C)C1. The van der Waals surface area contributed by atoms with E-state index in [1.165, 1.54) is 0 Å². The number of carbonyl (C=O) groups excluding carboxylic acids is 1. The highest BCUT2D eigenvalue weighted by atomic mass is 16.6. The molecule has 4 heteroatoms. The summed E-state index contributed by atoms with van der Waals surface area (Å²) in [5, 5.41) is 3.46. The normalized spacial score (nSPS) is 20.6. The average Bonchev–Trinajstić information content (AvgIpc) is 2.63. The number of amides is 1. The van der Waals surface area contributed by atoms with Crippen molar-refractivity contribution in [1.82, 2.24) is 10.2 Å². The van der Waals surface area contributed by atoms with Gasteiger partial charge >= 0.3 is 6.09 Å². The van der Waals surface area contributed by atoms with E-state index in [-0.39, 0.29) is 6.09 Å². The zero-order valence-electron chi connectivity index (χ0n) is 12.5. The smallest absolute Gasteiger partial charge is 0.410 e. The molecule has 1 aliphatic rings. The molecule has 0 aromatic heterocycles. The summed E-state index contributed by atoms with van der Waals surface area (Å²) in [5.74, 6) is 1.24. The molecular weight excluding hydrogens is 228 g/mol. The summed E-state index contributed by atoms with van der Waals surface area (Å²) in [6.07, 6.45) is 0.901. The number of hydrogen-bond acceptors (Lipinski definition) is 3. The lowest BCUT2D eigenvalue weighted by molar-refractivity contribution is 0.0288. The molecule has 0 aromatic rings. The maximum Gasteiger partial charge on any atom is 0.410 e. The highest BCUT2D eigenvalue weighted by Gasteiger charge is 2.29. The Morgan fingerprint density at radius 2 is 2.11 bits per heavy atom. The maximum atomic E-state index is 11.9. The number of hydrogen-bond donors (Lipinski definition) is 1. The third-order valence-corrected chi connectivity index (χ3v) is 2.92. The van der Waals surface area contributed by atoms with Crippen molar-refractivity contribution in [2.75, 3.05) is 26.2 Å². The van der Waals surface area contributed by atoms with Crippen molar-refractivity contribution in [2.24, 2.45) is 11.8 Å². The van der Waals surface area contributed by atoms with Gasteiger partial charge in [-0.05, 0) is 52.1 Å². The first-order valence-corrected chi connectivity index (χ1v) is 6.96. The number of likely N-dealkylation sites (tertiary alicyclic amines) is 1. The van der Waals surface area contributed by atoms with Gasteiger partial charge in [0.05, 0.1) is 0 Å². The molecule has 1 atom stereocenters. The van der Waals surface area contributed by atoms with Crippen LogP contribution in [-0.4, -0.2) is 42.8 Å². The summed E-state index contributed by atoms with van der Waals surface area (Å²) >= 11 is 0. The predicted octanol–water partition coefficient (Wildman–Crippen LogP) is 2.49. The summed E-state index contributed by atoms with van der Waals surface area (Å²) in [6, 6.07) is 0. The van der Waals surface area contributed by atoms with Gasteiger partial charge in [0.1, 0.15) is 5.60 Å². The summed E-state index contributed by atoms with van der Waals surface area (Å²) in [6.45, 7) is 13.8. The van der Waals surface area contributed by atoms with Gasteiger partial charge in [0.2, 0.25) is 0 Å². The average molecular weight is 256 g/mol. The largest absolute Gasteiger partial charge is 0.444 e. The summed E-state index contributed by atoms with van der Waals surface area (Å²) in [5.41, 5.74) is -0.398. The van der Waals surface area contributed by atoms with E-state index in [0.717, 1.165) is 32.6 Å². The fourth-order valence-corrected chi connectivity index (χ4v) is 2.07. The van der Waals surface area contributed by atoms with Crippen LogP contribution in [0.4, 0.5) is 4.79 Å². The van der Waals surface area contributed by atoms with Crippen LogP contribution in [0.2, 0.25) is 0 Å². The summed E-state index contributed by atoms with van der Waals surface area (Å²) in [7, 11) is 0. The van der Waals surface area contributed by atoms with Gasteiger partial charge in [0.15, 0.2) is 0 Å². The number of carbonyl (C=O) groups is 1. The van der Waals surface area contributed by atoms with E-state index < -0.39 is 5.60 Å². The van der Waals surface area contributed by atoms with Gasteiger partial charge in [0, 0.05) is 13.1 Å². The van der Waals surface area contributed by atoms with Crippen molar-refractivity contribution in [2.45, 2.75) is 46.6 Å². The van der Waals surface area contributed by atoms with Gasteiger partial charge < -0.3 is 15.0 Å². The lowest BCUT2D eigenvalue weighted by Crippen LogP contribution is -2.36. The molecule has 0 saturated carbocycles. The van der Waals surface area contributed by atoms with Gasteiger partial charge in [-0.2, -0.15) is 0 Å². The minimum atomic E-state index is -0.398. The van der Waals surface area contributed by atoms with Crippen LogP contribution < -0.4 is 5.32 Å². The van der Waals surface area contributed by atoms with Gasteiger partial charge in [-0.25, -0.2) is 4.79 Å². The molecule has 106 valence electrons. The zero-order valence-corrected chi connectivity index (χ0v) is 12.5. The quantitative estimate of drug-likeness (QED) is 0.840. The predicted molar refractivity (Wildman–Crippen MR) is 73.6 cm³/mol. The third kappa shape index (κ3) is 5.71. The zero-order chi connectivity index (χ0) is 13.8. The van der Waals surface area contributed by atoms with Crippen LogP contribution in [-0.2, 0) is 4.74 Å². The lowest BCUT2D eigenvalue weighted by Gasteiger charge is -2.24.